The molecule has 1 fully saturated rings. The van der Waals surface area contributed by atoms with Gasteiger partial charge < -0.3 is 10.6 Å². The normalized spacial score (nSPS) is 17.1. The number of hydrogen-bond acceptors (Lipinski definition) is 4. The predicted molar refractivity (Wildman–Crippen MR) is 90.3 cm³/mol. The summed E-state index contributed by atoms with van der Waals surface area (Å²) in [5.74, 6) is 0.0532. The van der Waals surface area contributed by atoms with E-state index in [0.29, 0.717) is 38.9 Å². The van der Waals surface area contributed by atoms with Gasteiger partial charge >= 0.3 is 0 Å². The quantitative estimate of drug-likeness (QED) is 0.767. The van der Waals surface area contributed by atoms with Crippen molar-refractivity contribution in [2.24, 2.45) is 0 Å². The Kier molecular flexibility index (Phi) is 6.56. The molecular weight excluding hydrogens is 314 g/mol. The fraction of sp³-hybridized carbons (Fsp3) is 0.562. The van der Waals surface area contributed by atoms with Gasteiger partial charge in [-0.3, -0.25) is 4.79 Å². The van der Waals surface area contributed by atoms with Gasteiger partial charge in [0.1, 0.15) is 0 Å². The largest absolute Gasteiger partial charge is 0.353 e. The van der Waals surface area contributed by atoms with Gasteiger partial charge in [-0.1, -0.05) is 30.3 Å². The first kappa shape index (κ1) is 17.9. The third-order valence-electron chi connectivity index (χ3n) is 4.01. The van der Waals surface area contributed by atoms with Crippen LogP contribution in [0, 0.1) is 0 Å². The second-order valence-electron chi connectivity index (χ2n) is 5.84. The maximum absolute atomic E-state index is 12.5. The van der Waals surface area contributed by atoms with Crippen molar-refractivity contribution in [1.29, 1.82) is 0 Å². The zero-order valence-electron chi connectivity index (χ0n) is 13.5. The van der Waals surface area contributed by atoms with Crippen molar-refractivity contribution < 1.29 is 13.2 Å². The van der Waals surface area contributed by atoms with Crippen LogP contribution in [0.25, 0.3) is 0 Å². The summed E-state index contributed by atoms with van der Waals surface area (Å²) in [6.07, 6.45) is 1.78. The third-order valence-corrected chi connectivity index (χ3v) is 5.86. The van der Waals surface area contributed by atoms with Gasteiger partial charge in [0, 0.05) is 32.1 Å². The molecule has 1 aromatic carbocycles. The molecule has 0 radical (unpaired) electrons. The summed E-state index contributed by atoms with van der Waals surface area (Å²) in [4.78, 5) is 11.7. The van der Waals surface area contributed by atoms with Crippen LogP contribution in [-0.2, 0) is 20.6 Å². The fourth-order valence-corrected chi connectivity index (χ4v) is 4.26. The summed E-state index contributed by atoms with van der Waals surface area (Å²) in [6.45, 7) is 1.58. The van der Waals surface area contributed by atoms with E-state index in [4.69, 9.17) is 0 Å². The summed E-state index contributed by atoms with van der Waals surface area (Å²) < 4.78 is 26.4. The van der Waals surface area contributed by atoms with Crippen LogP contribution in [-0.4, -0.2) is 51.4 Å². The number of nitrogens with one attached hydrogen (secondary N) is 2. The zero-order chi connectivity index (χ0) is 16.7. The summed E-state index contributed by atoms with van der Waals surface area (Å²) in [5, 5.41) is 5.91. The van der Waals surface area contributed by atoms with E-state index in [9.17, 15) is 13.2 Å². The van der Waals surface area contributed by atoms with E-state index in [1.54, 1.807) is 0 Å². The molecule has 0 saturated carbocycles. The molecular formula is C16H25N3O3S. The van der Waals surface area contributed by atoms with Crippen LogP contribution in [0.15, 0.2) is 30.3 Å². The lowest BCUT2D eigenvalue weighted by Gasteiger charge is -2.31. The molecule has 1 amide bonds. The number of hydrogen-bond donors (Lipinski definition) is 2. The highest BCUT2D eigenvalue weighted by Crippen LogP contribution is 2.17. The first-order chi connectivity index (χ1) is 11.0. The van der Waals surface area contributed by atoms with Gasteiger partial charge in [-0.25, -0.2) is 12.7 Å². The molecule has 0 bridgehead atoms. The van der Waals surface area contributed by atoms with Gasteiger partial charge in [0.15, 0.2) is 0 Å². The van der Waals surface area contributed by atoms with Crippen molar-refractivity contribution in [1.82, 2.24) is 14.9 Å². The van der Waals surface area contributed by atoms with Crippen LogP contribution < -0.4 is 10.6 Å². The van der Waals surface area contributed by atoms with Crippen LogP contribution in [0.1, 0.15) is 24.8 Å². The Bertz CT molecular complexity index is 596. The van der Waals surface area contributed by atoms with E-state index in [-0.39, 0.29) is 17.7 Å². The summed E-state index contributed by atoms with van der Waals surface area (Å²) in [5.41, 5.74) is 0.801. The summed E-state index contributed by atoms with van der Waals surface area (Å²) >= 11 is 0. The SMILES string of the molecule is CNCCC(=O)NC1CCN(S(=O)(=O)Cc2ccccc2)CC1. The van der Waals surface area contributed by atoms with Crippen molar-refractivity contribution in [3.63, 3.8) is 0 Å². The molecule has 1 heterocycles. The first-order valence-corrected chi connectivity index (χ1v) is 9.58. The molecule has 23 heavy (non-hydrogen) atoms. The number of carbonyl (C=O) groups is 1. The number of carbonyl (C=O) groups excluding carboxylic acids is 1. The second kappa shape index (κ2) is 8.42. The molecule has 0 aliphatic carbocycles. The van der Waals surface area contributed by atoms with E-state index in [0.717, 1.165) is 5.56 Å². The van der Waals surface area contributed by atoms with Crippen molar-refractivity contribution in [2.45, 2.75) is 31.1 Å². The number of nitrogens with zero attached hydrogens (tertiary/aromatic N) is 1. The standard InChI is InChI=1S/C16H25N3O3S/c1-17-10-7-16(20)18-15-8-11-19(12-9-15)23(21,22)13-14-5-3-2-4-6-14/h2-6,15,17H,7-13H2,1H3,(H,18,20). The maximum atomic E-state index is 12.5. The Labute approximate surface area is 138 Å². The third kappa shape index (κ3) is 5.60. The number of benzene rings is 1. The first-order valence-electron chi connectivity index (χ1n) is 7.97. The van der Waals surface area contributed by atoms with Gasteiger partial charge in [0.25, 0.3) is 0 Å². The Morgan fingerprint density at radius 3 is 2.48 bits per heavy atom. The summed E-state index contributed by atoms with van der Waals surface area (Å²) in [6, 6.07) is 9.29. The minimum atomic E-state index is -3.29. The molecule has 7 heteroatoms. The fourth-order valence-electron chi connectivity index (χ4n) is 2.69. The summed E-state index contributed by atoms with van der Waals surface area (Å²) in [7, 11) is -1.48. The highest BCUT2D eigenvalue weighted by Gasteiger charge is 2.28. The molecule has 128 valence electrons. The monoisotopic (exact) mass is 339 g/mol. The van der Waals surface area contributed by atoms with Crippen LogP contribution in [0.5, 0.6) is 0 Å². The molecule has 0 unspecified atom stereocenters. The van der Waals surface area contributed by atoms with Gasteiger partial charge in [-0.05, 0) is 25.5 Å². The van der Waals surface area contributed by atoms with E-state index in [1.807, 2.05) is 37.4 Å². The minimum absolute atomic E-state index is 0.0185. The Balaban J connectivity index is 1.82. The molecule has 1 saturated heterocycles. The average molecular weight is 339 g/mol. The molecule has 2 rings (SSSR count). The van der Waals surface area contributed by atoms with Crippen molar-refractivity contribution >= 4 is 15.9 Å². The van der Waals surface area contributed by atoms with Crippen LogP contribution in [0.2, 0.25) is 0 Å². The molecule has 1 aliphatic rings. The number of rotatable bonds is 7. The van der Waals surface area contributed by atoms with Gasteiger partial charge in [0.05, 0.1) is 5.75 Å². The van der Waals surface area contributed by atoms with E-state index < -0.39 is 10.0 Å². The van der Waals surface area contributed by atoms with Gasteiger partial charge in [-0.2, -0.15) is 0 Å². The Morgan fingerprint density at radius 2 is 1.87 bits per heavy atom. The van der Waals surface area contributed by atoms with Crippen LogP contribution in [0.3, 0.4) is 0 Å². The number of sulfonamides is 1. The molecule has 1 aromatic rings. The molecule has 2 N–H and O–H groups in total. The predicted octanol–water partition coefficient (Wildman–Crippen LogP) is 0.707. The lowest BCUT2D eigenvalue weighted by Crippen LogP contribution is -2.47. The highest BCUT2D eigenvalue weighted by molar-refractivity contribution is 7.88. The van der Waals surface area contributed by atoms with Crippen molar-refractivity contribution in [3.05, 3.63) is 35.9 Å². The average Bonchev–Trinajstić information content (AvgIpc) is 2.54. The topological polar surface area (TPSA) is 78.5 Å². The van der Waals surface area contributed by atoms with Crippen LogP contribution in [0.4, 0.5) is 0 Å². The zero-order valence-corrected chi connectivity index (χ0v) is 14.3. The molecule has 0 spiro atoms. The van der Waals surface area contributed by atoms with Gasteiger partial charge in [0.2, 0.25) is 15.9 Å². The maximum Gasteiger partial charge on any atom is 0.221 e. The molecule has 6 nitrogen and oxygen atoms in total. The highest BCUT2D eigenvalue weighted by atomic mass is 32.2. The van der Waals surface area contributed by atoms with Crippen LogP contribution >= 0.6 is 0 Å². The van der Waals surface area contributed by atoms with E-state index in [1.165, 1.54) is 4.31 Å². The van der Waals surface area contributed by atoms with Gasteiger partial charge in [-0.15, -0.1) is 0 Å². The Morgan fingerprint density at radius 1 is 1.22 bits per heavy atom. The van der Waals surface area contributed by atoms with Crippen molar-refractivity contribution in [3.8, 4) is 0 Å². The van der Waals surface area contributed by atoms with E-state index >= 15 is 0 Å². The molecule has 0 aromatic heterocycles. The minimum Gasteiger partial charge on any atom is -0.353 e. The second-order valence-corrected chi connectivity index (χ2v) is 7.81. The van der Waals surface area contributed by atoms with Crippen molar-refractivity contribution in [2.75, 3.05) is 26.7 Å². The number of amides is 1. The smallest absolute Gasteiger partial charge is 0.221 e. The molecule has 1 aliphatic heterocycles. The Hall–Kier alpha value is -1.44. The number of piperidine rings is 1. The lowest BCUT2D eigenvalue weighted by molar-refractivity contribution is -0.121. The van der Waals surface area contributed by atoms with E-state index in [2.05, 4.69) is 10.6 Å². The lowest BCUT2D eigenvalue weighted by atomic mass is 10.1. The molecule has 0 atom stereocenters.